The lowest BCUT2D eigenvalue weighted by Crippen LogP contribution is -2.35. The van der Waals surface area contributed by atoms with Crippen molar-refractivity contribution in [3.8, 4) is 0 Å². The van der Waals surface area contributed by atoms with E-state index in [9.17, 15) is 0 Å². The largest absolute Gasteiger partial charge is 0.393 e. The summed E-state index contributed by atoms with van der Waals surface area (Å²) in [4.78, 5) is 3.88. The number of nitrogens with one attached hydrogen (secondary N) is 1. The molecular weight excluding hydrogens is 106 g/mol. The van der Waals surface area contributed by atoms with E-state index >= 15 is 0 Å². The smallest absolute Gasteiger partial charge is 0.141 e. The number of rotatable bonds is 1. The van der Waals surface area contributed by atoms with Crippen molar-refractivity contribution in [3.63, 3.8) is 0 Å². The molecule has 4 nitrogen and oxygen atoms in total. The Morgan fingerprint density at radius 3 is 3.00 bits per heavy atom. The van der Waals surface area contributed by atoms with Gasteiger partial charge in [-0.05, 0) is 0 Å². The molecule has 4 heteroatoms. The van der Waals surface area contributed by atoms with Crippen LogP contribution in [0.1, 0.15) is 0 Å². The maximum absolute atomic E-state index is 8.48. The van der Waals surface area contributed by atoms with Gasteiger partial charge in [0.15, 0.2) is 0 Å². The normalized spacial score (nSPS) is 27.2. The van der Waals surface area contributed by atoms with Crippen LogP contribution in [-0.4, -0.2) is 36.3 Å². The Bertz CT molecular complexity index is 103. The van der Waals surface area contributed by atoms with Gasteiger partial charge in [-0.15, -0.1) is 0 Å². The molecule has 0 amide bonds. The van der Waals surface area contributed by atoms with Crippen molar-refractivity contribution < 1.29 is 5.11 Å². The van der Waals surface area contributed by atoms with E-state index in [1.807, 2.05) is 7.05 Å². The Morgan fingerprint density at radius 1 is 2.00 bits per heavy atom. The van der Waals surface area contributed by atoms with Crippen LogP contribution in [0.15, 0.2) is 4.99 Å². The zero-order valence-corrected chi connectivity index (χ0v) is 4.70. The van der Waals surface area contributed by atoms with Crippen molar-refractivity contribution in [3.05, 3.63) is 0 Å². The van der Waals surface area contributed by atoms with Crippen molar-refractivity contribution in [2.24, 2.45) is 4.99 Å². The highest BCUT2D eigenvalue weighted by Gasteiger charge is 2.09. The molecule has 2 N–H and O–H groups in total. The zero-order chi connectivity index (χ0) is 5.98. The summed E-state index contributed by atoms with van der Waals surface area (Å²) in [5.74, 6) is 0. The van der Waals surface area contributed by atoms with E-state index in [4.69, 9.17) is 5.11 Å². The van der Waals surface area contributed by atoms with Crippen LogP contribution in [0.2, 0.25) is 0 Å². The maximum atomic E-state index is 8.48. The molecule has 0 fully saturated rings. The first kappa shape index (κ1) is 5.53. The third-order valence-electron chi connectivity index (χ3n) is 0.945. The van der Waals surface area contributed by atoms with Crippen LogP contribution in [0.25, 0.3) is 0 Å². The summed E-state index contributed by atoms with van der Waals surface area (Å²) >= 11 is 0. The lowest BCUT2D eigenvalue weighted by atomic mass is 10.6. The average Bonchev–Trinajstić information content (AvgIpc) is 2.14. The van der Waals surface area contributed by atoms with Crippen LogP contribution in [-0.2, 0) is 0 Å². The first-order chi connectivity index (χ1) is 3.83. The van der Waals surface area contributed by atoms with Crippen LogP contribution in [0.3, 0.4) is 0 Å². The van der Waals surface area contributed by atoms with Crippen molar-refractivity contribution in [1.82, 2.24) is 10.4 Å². The minimum atomic E-state index is -0.125. The standard InChI is InChI=1S/C4H9N3O/c1-7-3-5-4(2-8)6-7/h3-4,6,8H,2H2,1H3. The monoisotopic (exact) mass is 115 g/mol. The fraction of sp³-hybridized carbons (Fsp3) is 0.750. The molecule has 46 valence electrons. The molecule has 1 aliphatic heterocycles. The summed E-state index contributed by atoms with van der Waals surface area (Å²) in [5.41, 5.74) is 2.86. The lowest BCUT2D eigenvalue weighted by molar-refractivity contribution is 0.219. The summed E-state index contributed by atoms with van der Waals surface area (Å²) in [6.45, 7) is 0.0564. The highest BCUT2D eigenvalue weighted by molar-refractivity contribution is 5.55. The molecule has 1 atom stereocenters. The number of aliphatic imine (C=N–C) groups is 1. The molecule has 0 spiro atoms. The number of hydrazine groups is 1. The molecule has 0 aromatic rings. The first-order valence-electron chi connectivity index (χ1n) is 2.46. The minimum Gasteiger partial charge on any atom is -0.393 e. The second kappa shape index (κ2) is 2.11. The van der Waals surface area contributed by atoms with Crippen LogP contribution >= 0.6 is 0 Å². The minimum absolute atomic E-state index is 0.0564. The molecule has 0 aliphatic carbocycles. The first-order valence-corrected chi connectivity index (χ1v) is 2.46. The average molecular weight is 115 g/mol. The van der Waals surface area contributed by atoms with E-state index in [2.05, 4.69) is 10.4 Å². The predicted octanol–water partition coefficient (Wildman–Crippen LogP) is -1.22. The van der Waals surface area contributed by atoms with E-state index in [0.29, 0.717) is 0 Å². The summed E-state index contributed by atoms with van der Waals surface area (Å²) in [6.07, 6.45) is 1.51. The third-order valence-corrected chi connectivity index (χ3v) is 0.945. The van der Waals surface area contributed by atoms with Gasteiger partial charge in [0.2, 0.25) is 0 Å². The predicted molar refractivity (Wildman–Crippen MR) is 30.3 cm³/mol. The number of hydrogen-bond donors (Lipinski definition) is 2. The molecule has 0 bridgehead atoms. The van der Waals surface area contributed by atoms with Gasteiger partial charge in [0.05, 0.1) is 6.61 Å². The second-order valence-corrected chi connectivity index (χ2v) is 1.70. The molecule has 0 radical (unpaired) electrons. The number of aliphatic hydroxyl groups excluding tert-OH is 1. The Kier molecular flexibility index (Phi) is 1.45. The van der Waals surface area contributed by atoms with Crippen molar-refractivity contribution in [2.75, 3.05) is 13.7 Å². The molecule has 0 saturated carbocycles. The summed E-state index contributed by atoms with van der Waals surface area (Å²) in [7, 11) is 1.83. The maximum Gasteiger partial charge on any atom is 0.141 e. The molecule has 0 aromatic carbocycles. The molecule has 1 unspecified atom stereocenters. The SMILES string of the molecule is CN1C=NC(CO)N1. The molecule has 1 heterocycles. The molecule has 0 aromatic heterocycles. The number of aliphatic hydroxyl groups is 1. The third kappa shape index (κ3) is 0.962. The molecule has 1 rings (SSSR count). The van der Waals surface area contributed by atoms with Gasteiger partial charge in [-0.2, -0.15) is 0 Å². The van der Waals surface area contributed by atoms with Crippen molar-refractivity contribution >= 4 is 6.34 Å². The quantitative estimate of drug-likeness (QED) is 0.450. The van der Waals surface area contributed by atoms with Crippen LogP contribution < -0.4 is 5.43 Å². The Morgan fingerprint density at radius 2 is 2.75 bits per heavy atom. The van der Waals surface area contributed by atoms with Gasteiger partial charge in [0.1, 0.15) is 12.5 Å². The van der Waals surface area contributed by atoms with E-state index < -0.39 is 0 Å². The van der Waals surface area contributed by atoms with Gasteiger partial charge in [-0.1, -0.05) is 0 Å². The Balaban J connectivity index is 2.34. The van der Waals surface area contributed by atoms with Crippen molar-refractivity contribution in [1.29, 1.82) is 0 Å². The van der Waals surface area contributed by atoms with Crippen LogP contribution in [0.5, 0.6) is 0 Å². The van der Waals surface area contributed by atoms with E-state index in [1.54, 1.807) is 11.3 Å². The summed E-state index contributed by atoms with van der Waals surface area (Å²) < 4.78 is 0. The zero-order valence-electron chi connectivity index (χ0n) is 4.70. The highest BCUT2D eigenvalue weighted by Crippen LogP contribution is 1.90. The highest BCUT2D eigenvalue weighted by atomic mass is 16.3. The van der Waals surface area contributed by atoms with E-state index in [0.717, 1.165) is 0 Å². The molecule has 0 saturated heterocycles. The second-order valence-electron chi connectivity index (χ2n) is 1.70. The summed E-state index contributed by atoms with van der Waals surface area (Å²) in [5, 5.41) is 10.2. The summed E-state index contributed by atoms with van der Waals surface area (Å²) in [6, 6.07) is 0. The topological polar surface area (TPSA) is 47.9 Å². The van der Waals surface area contributed by atoms with Crippen molar-refractivity contribution in [2.45, 2.75) is 6.17 Å². The van der Waals surface area contributed by atoms with E-state index in [1.165, 1.54) is 0 Å². The molecule has 1 aliphatic rings. The molecule has 8 heavy (non-hydrogen) atoms. The van der Waals surface area contributed by atoms with Gasteiger partial charge in [0.25, 0.3) is 0 Å². The van der Waals surface area contributed by atoms with Gasteiger partial charge in [-0.25, -0.2) is 5.43 Å². The van der Waals surface area contributed by atoms with Gasteiger partial charge < -0.3 is 5.11 Å². The molecular formula is C4H9N3O. The lowest BCUT2D eigenvalue weighted by Gasteiger charge is -2.08. The Labute approximate surface area is 47.8 Å². The fourth-order valence-electron chi connectivity index (χ4n) is 0.570. The number of nitrogens with zero attached hydrogens (tertiary/aromatic N) is 2. The fourth-order valence-corrected chi connectivity index (χ4v) is 0.570. The van der Waals surface area contributed by atoms with Gasteiger partial charge in [-0.3, -0.25) is 10.0 Å². The van der Waals surface area contributed by atoms with Gasteiger partial charge >= 0.3 is 0 Å². The van der Waals surface area contributed by atoms with Crippen LogP contribution in [0, 0.1) is 0 Å². The van der Waals surface area contributed by atoms with E-state index in [-0.39, 0.29) is 12.8 Å². The van der Waals surface area contributed by atoms with Crippen LogP contribution in [0.4, 0.5) is 0 Å². The number of hydrogen-bond acceptors (Lipinski definition) is 4. The Hall–Kier alpha value is -0.610. The van der Waals surface area contributed by atoms with Gasteiger partial charge in [0, 0.05) is 7.05 Å².